The van der Waals surface area contributed by atoms with Crippen molar-refractivity contribution in [3.63, 3.8) is 0 Å². The average Bonchev–Trinajstić information content (AvgIpc) is 2.52. The standard InChI is InChI=1S/C18H19NO6/c1-11-8-9-18(15(20)24-17(2,3)25-16(18)21)14(10-11)12-4-6-13(7-5-12)19(22)23/h4-8,14H,9-10H2,1-3H3. The van der Waals surface area contributed by atoms with Crippen molar-refractivity contribution in [3.05, 3.63) is 51.6 Å². The summed E-state index contributed by atoms with van der Waals surface area (Å²) in [7, 11) is 0. The van der Waals surface area contributed by atoms with E-state index in [-0.39, 0.29) is 12.1 Å². The Balaban J connectivity index is 2.06. The molecule has 0 radical (unpaired) electrons. The molecule has 7 heteroatoms. The highest BCUT2D eigenvalue weighted by Gasteiger charge is 2.61. The molecule has 0 N–H and O–H groups in total. The van der Waals surface area contributed by atoms with E-state index < -0.39 is 34.0 Å². The van der Waals surface area contributed by atoms with Gasteiger partial charge in [-0.25, -0.2) is 0 Å². The van der Waals surface area contributed by atoms with Crippen LogP contribution in [-0.2, 0) is 19.1 Å². The van der Waals surface area contributed by atoms with Gasteiger partial charge in [-0.3, -0.25) is 19.7 Å². The first kappa shape index (κ1) is 17.1. The summed E-state index contributed by atoms with van der Waals surface area (Å²) in [6, 6.07) is 5.92. The highest BCUT2D eigenvalue weighted by Crippen LogP contribution is 2.51. The lowest BCUT2D eigenvalue weighted by Crippen LogP contribution is -2.57. The zero-order valence-electron chi connectivity index (χ0n) is 14.3. The van der Waals surface area contributed by atoms with Crippen molar-refractivity contribution in [1.29, 1.82) is 0 Å². The van der Waals surface area contributed by atoms with Gasteiger partial charge in [0, 0.05) is 31.9 Å². The third-order valence-electron chi connectivity index (χ3n) is 4.81. The van der Waals surface area contributed by atoms with Crippen LogP contribution in [0.1, 0.15) is 45.1 Å². The summed E-state index contributed by atoms with van der Waals surface area (Å²) in [5.41, 5.74) is 0.215. The van der Waals surface area contributed by atoms with Crippen molar-refractivity contribution in [1.82, 2.24) is 0 Å². The second-order valence-corrected chi connectivity index (χ2v) is 7.01. The molecule has 0 amide bonds. The minimum atomic E-state index is -1.45. The van der Waals surface area contributed by atoms with Gasteiger partial charge in [-0.1, -0.05) is 23.8 Å². The summed E-state index contributed by atoms with van der Waals surface area (Å²) in [4.78, 5) is 36.0. The number of esters is 2. The lowest BCUT2D eigenvalue weighted by molar-refractivity contribution is -0.384. The normalized spacial score (nSPS) is 24.3. The van der Waals surface area contributed by atoms with Crippen LogP contribution in [0.25, 0.3) is 0 Å². The molecule has 1 unspecified atom stereocenters. The number of cyclic esters (lactones) is 2. The quantitative estimate of drug-likeness (QED) is 0.268. The van der Waals surface area contributed by atoms with Crippen LogP contribution in [0.15, 0.2) is 35.9 Å². The largest absolute Gasteiger partial charge is 0.422 e. The van der Waals surface area contributed by atoms with Crippen molar-refractivity contribution < 1.29 is 24.0 Å². The second-order valence-electron chi connectivity index (χ2n) is 7.01. The van der Waals surface area contributed by atoms with E-state index in [4.69, 9.17) is 9.47 Å². The first-order valence-corrected chi connectivity index (χ1v) is 8.02. The smallest absolute Gasteiger partial charge is 0.327 e. The van der Waals surface area contributed by atoms with Crippen LogP contribution in [0.3, 0.4) is 0 Å². The summed E-state index contributed by atoms with van der Waals surface area (Å²) in [6.45, 7) is 4.95. The second kappa shape index (κ2) is 5.68. The van der Waals surface area contributed by atoms with E-state index in [1.54, 1.807) is 12.1 Å². The number of ether oxygens (including phenoxy) is 2. The topological polar surface area (TPSA) is 95.7 Å². The van der Waals surface area contributed by atoms with E-state index >= 15 is 0 Å². The summed E-state index contributed by atoms with van der Waals surface area (Å²) >= 11 is 0. The Hall–Kier alpha value is -2.70. The fourth-order valence-corrected chi connectivity index (χ4v) is 3.47. The monoisotopic (exact) mass is 345 g/mol. The number of nitrogens with zero attached hydrogens (tertiary/aromatic N) is 1. The molecule has 1 heterocycles. The number of benzene rings is 1. The molecule has 1 atom stereocenters. The SMILES string of the molecule is CC1=CCC2(C(=O)OC(C)(C)OC2=O)C(c2ccc([N+](=O)[O-])cc2)C1. The lowest BCUT2D eigenvalue weighted by Gasteiger charge is -2.45. The molecule has 25 heavy (non-hydrogen) atoms. The van der Waals surface area contributed by atoms with E-state index in [0.29, 0.717) is 12.0 Å². The molecule has 0 saturated carbocycles. The Morgan fingerprint density at radius 3 is 2.20 bits per heavy atom. The molecular formula is C18H19NO6. The molecule has 1 spiro atoms. The number of hydrogen-bond donors (Lipinski definition) is 0. The Morgan fingerprint density at radius 2 is 1.68 bits per heavy atom. The number of hydrogen-bond acceptors (Lipinski definition) is 6. The number of non-ortho nitro benzene ring substituents is 1. The summed E-state index contributed by atoms with van der Waals surface area (Å²) in [5.74, 6) is -3.01. The number of carbonyl (C=O) groups is 2. The van der Waals surface area contributed by atoms with Gasteiger partial charge in [0.1, 0.15) is 0 Å². The number of carbonyl (C=O) groups excluding carboxylic acids is 2. The van der Waals surface area contributed by atoms with Gasteiger partial charge in [-0.05, 0) is 25.3 Å². The fraction of sp³-hybridized carbons (Fsp3) is 0.444. The first-order valence-electron chi connectivity index (χ1n) is 8.02. The van der Waals surface area contributed by atoms with Crippen LogP contribution in [0.5, 0.6) is 0 Å². The molecule has 1 aliphatic carbocycles. The van der Waals surface area contributed by atoms with Gasteiger partial charge in [0.05, 0.1) is 4.92 Å². The van der Waals surface area contributed by atoms with Crippen molar-refractivity contribution in [2.45, 2.75) is 45.3 Å². The molecule has 7 nitrogen and oxygen atoms in total. The van der Waals surface area contributed by atoms with Crippen molar-refractivity contribution in [2.75, 3.05) is 0 Å². The molecule has 0 bridgehead atoms. The average molecular weight is 345 g/mol. The fourth-order valence-electron chi connectivity index (χ4n) is 3.47. The zero-order chi connectivity index (χ0) is 18.4. The molecule has 1 aromatic carbocycles. The maximum absolute atomic E-state index is 12.8. The van der Waals surface area contributed by atoms with Crippen LogP contribution in [0, 0.1) is 15.5 Å². The van der Waals surface area contributed by atoms with Crippen LogP contribution in [0.2, 0.25) is 0 Å². The first-order chi connectivity index (χ1) is 11.7. The van der Waals surface area contributed by atoms with E-state index in [1.165, 1.54) is 26.0 Å². The molecule has 1 fully saturated rings. The Labute approximate surface area is 144 Å². The van der Waals surface area contributed by atoms with Crippen molar-refractivity contribution >= 4 is 17.6 Å². The van der Waals surface area contributed by atoms with Gasteiger partial charge in [0.15, 0.2) is 5.41 Å². The van der Waals surface area contributed by atoms with E-state index in [0.717, 1.165) is 5.57 Å². The number of nitro groups is 1. The highest BCUT2D eigenvalue weighted by molar-refractivity contribution is 6.03. The van der Waals surface area contributed by atoms with Crippen LogP contribution in [0.4, 0.5) is 5.69 Å². The van der Waals surface area contributed by atoms with Crippen LogP contribution < -0.4 is 0 Å². The molecule has 132 valence electrons. The van der Waals surface area contributed by atoms with Gasteiger partial charge >= 0.3 is 11.9 Å². The maximum atomic E-state index is 12.8. The van der Waals surface area contributed by atoms with Crippen LogP contribution in [-0.4, -0.2) is 22.6 Å². The molecule has 1 saturated heterocycles. The molecule has 2 aliphatic rings. The number of allylic oxidation sites excluding steroid dienone is 2. The van der Waals surface area contributed by atoms with E-state index in [9.17, 15) is 19.7 Å². The maximum Gasteiger partial charge on any atom is 0.327 e. The number of rotatable bonds is 2. The minimum Gasteiger partial charge on any atom is -0.422 e. The Kier molecular flexibility index (Phi) is 3.89. The van der Waals surface area contributed by atoms with Gasteiger partial charge in [0.2, 0.25) is 0 Å². The zero-order valence-corrected chi connectivity index (χ0v) is 14.3. The van der Waals surface area contributed by atoms with E-state index in [1.807, 2.05) is 13.0 Å². The predicted molar refractivity (Wildman–Crippen MR) is 87.5 cm³/mol. The molecule has 1 aliphatic heterocycles. The van der Waals surface area contributed by atoms with Gasteiger partial charge in [0.25, 0.3) is 11.5 Å². The van der Waals surface area contributed by atoms with E-state index in [2.05, 4.69) is 0 Å². The molecular weight excluding hydrogens is 326 g/mol. The molecule has 3 rings (SSSR count). The lowest BCUT2D eigenvalue weighted by atomic mass is 9.64. The summed E-state index contributed by atoms with van der Waals surface area (Å²) in [5, 5.41) is 10.9. The van der Waals surface area contributed by atoms with Crippen molar-refractivity contribution in [3.8, 4) is 0 Å². The summed E-state index contributed by atoms with van der Waals surface area (Å²) in [6.07, 6.45) is 2.51. The highest BCUT2D eigenvalue weighted by atomic mass is 16.7. The van der Waals surface area contributed by atoms with Gasteiger partial charge in [-0.15, -0.1) is 0 Å². The third-order valence-corrected chi connectivity index (χ3v) is 4.81. The predicted octanol–water partition coefficient (Wildman–Crippen LogP) is 3.24. The Bertz CT molecular complexity index is 757. The van der Waals surface area contributed by atoms with Gasteiger partial charge < -0.3 is 9.47 Å². The minimum absolute atomic E-state index is 0.0456. The molecule has 1 aromatic rings. The third kappa shape index (κ3) is 2.79. The summed E-state index contributed by atoms with van der Waals surface area (Å²) < 4.78 is 10.7. The molecule has 0 aromatic heterocycles. The van der Waals surface area contributed by atoms with Gasteiger partial charge in [-0.2, -0.15) is 0 Å². The van der Waals surface area contributed by atoms with Crippen LogP contribution >= 0.6 is 0 Å². The number of nitro benzene ring substituents is 1. The Morgan fingerprint density at radius 1 is 1.12 bits per heavy atom. The van der Waals surface area contributed by atoms with Crippen molar-refractivity contribution in [2.24, 2.45) is 5.41 Å².